The molecule has 1 aromatic carbocycles. The van der Waals surface area contributed by atoms with E-state index in [2.05, 4.69) is 5.32 Å². The zero-order valence-electron chi connectivity index (χ0n) is 12.8. The Balaban J connectivity index is 1.91. The smallest absolute Gasteiger partial charge is 0.317 e. The quantitative estimate of drug-likeness (QED) is 0.787. The largest absolute Gasteiger partial charge is 0.481 e. The van der Waals surface area contributed by atoms with E-state index >= 15 is 0 Å². The molecule has 24 heavy (non-hydrogen) atoms. The summed E-state index contributed by atoms with van der Waals surface area (Å²) in [4.78, 5) is 23.7. The zero-order valence-corrected chi connectivity index (χ0v) is 13.6. The number of aliphatic carboxylic acids is 1. The molecule has 8 nitrogen and oxygen atoms in total. The number of hydrogen-bond donors (Lipinski definition) is 2. The fourth-order valence-electron chi connectivity index (χ4n) is 2.28. The van der Waals surface area contributed by atoms with Crippen molar-refractivity contribution in [2.24, 2.45) is 0 Å². The van der Waals surface area contributed by atoms with Gasteiger partial charge < -0.3 is 15.3 Å². The molecule has 1 aliphatic rings. The number of benzene rings is 1. The summed E-state index contributed by atoms with van der Waals surface area (Å²) < 4.78 is 39.0. The molecule has 0 unspecified atom stereocenters. The maximum absolute atomic E-state index is 12.9. The second-order valence-corrected chi connectivity index (χ2v) is 7.16. The molecule has 0 radical (unpaired) electrons. The first-order valence-corrected chi connectivity index (χ1v) is 8.75. The number of rotatable bonds is 5. The van der Waals surface area contributed by atoms with Crippen molar-refractivity contribution in [1.82, 2.24) is 14.5 Å². The molecule has 2 rings (SSSR count). The number of nitrogens with zero attached hydrogens (tertiary/aromatic N) is 2. The van der Waals surface area contributed by atoms with Gasteiger partial charge in [0.15, 0.2) is 0 Å². The predicted molar refractivity (Wildman–Crippen MR) is 82.4 cm³/mol. The first-order chi connectivity index (χ1) is 11.3. The summed E-state index contributed by atoms with van der Waals surface area (Å²) in [6, 6.07) is 4.15. The van der Waals surface area contributed by atoms with Gasteiger partial charge in [0.05, 0.1) is 11.3 Å². The fraction of sp³-hybridized carbons (Fsp3) is 0.429. The Morgan fingerprint density at radius 3 is 2.25 bits per heavy atom. The molecule has 2 N–H and O–H groups in total. The van der Waals surface area contributed by atoms with Crippen molar-refractivity contribution in [3.05, 3.63) is 30.1 Å². The van der Waals surface area contributed by atoms with E-state index in [9.17, 15) is 22.4 Å². The minimum absolute atomic E-state index is 0.00302. The molecule has 0 aromatic heterocycles. The lowest BCUT2D eigenvalue weighted by Crippen LogP contribution is -2.53. The van der Waals surface area contributed by atoms with Crippen LogP contribution in [0.25, 0.3) is 0 Å². The summed E-state index contributed by atoms with van der Waals surface area (Å²) >= 11 is 0. The van der Waals surface area contributed by atoms with Crippen LogP contribution in [0, 0.1) is 5.82 Å². The summed E-state index contributed by atoms with van der Waals surface area (Å²) in [6.07, 6.45) is -0.176. The van der Waals surface area contributed by atoms with Crippen LogP contribution in [0.15, 0.2) is 29.2 Å². The highest BCUT2D eigenvalue weighted by atomic mass is 32.2. The van der Waals surface area contributed by atoms with Crippen molar-refractivity contribution in [2.45, 2.75) is 11.3 Å². The van der Waals surface area contributed by atoms with Gasteiger partial charge in [-0.15, -0.1) is 0 Å². The molecular formula is C14H18FN3O5S. The summed E-state index contributed by atoms with van der Waals surface area (Å²) in [7, 11) is -3.73. The lowest BCUT2D eigenvalue weighted by atomic mass is 10.3. The minimum atomic E-state index is -3.73. The first-order valence-electron chi connectivity index (χ1n) is 7.31. The highest BCUT2D eigenvalue weighted by molar-refractivity contribution is 7.89. The molecule has 10 heteroatoms. The van der Waals surface area contributed by atoms with E-state index in [0.29, 0.717) is 0 Å². The zero-order chi connectivity index (χ0) is 17.7. The van der Waals surface area contributed by atoms with Gasteiger partial charge in [0.1, 0.15) is 5.82 Å². The lowest BCUT2D eigenvalue weighted by Gasteiger charge is -2.33. The predicted octanol–water partition coefficient (Wildman–Crippen LogP) is 0.316. The SMILES string of the molecule is O=C(O)CCNC(=O)N1CCN(S(=O)(=O)c2ccc(F)cc2)CC1. The van der Waals surface area contributed by atoms with Crippen LogP contribution in [0.3, 0.4) is 0 Å². The van der Waals surface area contributed by atoms with Crippen LogP contribution < -0.4 is 5.32 Å². The Kier molecular flexibility index (Phi) is 5.73. The Labute approximate surface area is 138 Å². The molecular weight excluding hydrogens is 341 g/mol. The Morgan fingerprint density at radius 1 is 1.12 bits per heavy atom. The average molecular weight is 359 g/mol. The Bertz CT molecular complexity index is 700. The number of sulfonamides is 1. The van der Waals surface area contributed by atoms with Crippen LogP contribution in [-0.4, -0.2) is 67.5 Å². The molecule has 2 amide bonds. The van der Waals surface area contributed by atoms with Crippen LogP contribution in [0.1, 0.15) is 6.42 Å². The minimum Gasteiger partial charge on any atom is -0.481 e. The molecule has 0 atom stereocenters. The van der Waals surface area contributed by atoms with E-state index in [1.165, 1.54) is 21.3 Å². The van der Waals surface area contributed by atoms with E-state index in [4.69, 9.17) is 5.11 Å². The molecule has 0 spiro atoms. The summed E-state index contributed by atoms with van der Waals surface area (Å²) in [5.41, 5.74) is 0. The third-order valence-electron chi connectivity index (χ3n) is 3.59. The molecule has 1 fully saturated rings. The first kappa shape index (κ1) is 18.1. The fourth-order valence-corrected chi connectivity index (χ4v) is 3.70. The maximum atomic E-state index is 12.9. The van der Waals surface area contributed by atoms with Gasteiger partial charge in [0.2, 0.25) is 10.0 Å². The number of hydrogen-bond acceptors (Lipinski definition) is 4. The normalized spacial score (nSPS) is 16.0. The highest BCUT2D eigenvalue weighted by Gasteiger charge is 2.30. The van der Waals surface area contributed by atoms with Gasteiger partial charge in [0.25, 0.3) is 0 Å². The number of nitrogens with one attached hydrogen (secondary N) is 1. The van der Waals surface area contributed by atoms with Crippen LogP contribution >= 0.6 is 0 Å². The van der Waals surface area contributed by atoms with Gasteiger partial charge in [0, 0.05) is 32.7 Å². The van der Waals surface area contributed by atoms with E-state index < -0.39 is 27.8 Å². The van der Waals surface area contributed by atoms with Gasteiger partial charge in [-0.05, 0) is 24.3 Å². The van der Waals surface area contributed by atoms with E-state index in [1.54, 1.807) is 0 Å². The van der Waals surface area contributed by atoms with E-state index in [-0.39, 0.29) is 44.0 Å². The highest BCUT2D eigenvalue weighted by Crippen LogP contribution is 2.18. The van der Waals surface area contributed by atoms with Gasteiger partial charge in [-0.2, -0.15) is 4.31 Å². The van der Waals surface area contributed by atoms with Gasteiger partial charge in [-0.1, -0.05) is 0 Å². The van der Waals surface area contributed by atoms with E-state index in [1.807, 2.05) is 0 Å². The lowest BCUT2D eigenvalue weighted by molar-refractivity contribution is -0.136. The van der Waals surface area contributed by atoms with Crippen molar-refractivity contribution in [1.29, 1.82) is 0 Å². The summed E-state index contributed by atoms with van der Waals surface area (Å²) in [5, 5.41) is 11.0. The topological polar surface area (TPSA) is 107 Å². The van der Waals surface area contributed by atoms with Crippen molar-refractivity contribution in [3.63, 3.8) is 0 Å². The van der Waals surface area contributed by atoms with Gasteiger partial charge in [-0.25, -0.2) is 17.6 Å². The number of piperazine rings is 1. The molecule has 1 aromatic rings. The molecule has 1 saturated heterocycles. The van der Waals surface area contributed by atoms with Crippen LogP contribution in [0.2, 0.25) is 0 Å². The third kappa shape index (κ3) is 4.42. The summed E-state index contributed by atoms with van der Waals surface area (Å²) in [5.74, 6) is -1.53. The maximum Gasteiger partial charge on any atom is 0.317 e. The van der Waals surface area contributed by atoms with Gasteiger partial charge >= 0.3 is 12.0 Å². The standard InChI is InChI=1S/C14H18FN3O5S/c15-11-1-3-12(4-2-11)24(22,23)18-9-7-17(8-10-18)14(21)16-6-5-13(19)20/h1-4H,5-10H2,(H,16,21)(H,19,20). The Hall–Kier alpha value is -2.20. The van der Waals surface area contributed by atoms with Crippen LogP contribution in [0.4, 0.5) is 9.18 Å². The molecule has 1 aliphatic heterocycles. The molecule has 0 bridgehead atoms. The summed E-state index contributed by atoms with van der Waals surface area (Å²) in [6.45, 7) is 0.638. The number of halogens is 1. The second-order valence-electron chi connectivity index (χ2n) is 5.22. The average Bonchev–Trinajstić information content (AvgIpc) is 2.55. The van der Waals surface area contributed by atoms with Crippen molar-refractivity contribution in [3.8, 4) is 0 Å². The van der Waals surface area contributed by atoms with Gasteiger partial charge in [-0.3, -0.25) is 4.79 Å². The number of carbonyl (C=O) groups excluding carboxylic acids is 1. The van der Waals surface area contributed by atoms with E-state index in [0.717, 1.165) is 12.1 Å². The third-order valence-corrected chi connectivity index (χ3v) is 5.51. The molecule has 0 aliphatic carbocycles. The number of urea groups is 1. The number of carbonyl (C=O) groups is 2. The van der Waals surface area contributed by atoms with Crippen molar-refractivity contribution in [2.75, 3.05) is 32.7 Å². The number of amides is 2. The van der Waals surface area contributed by atoms with Crippen molar-refractivity contribution >= 4 is 22.0 Å². The number of carboxylic acids is 1. The Morgan fingerprint density at radius 2 is 1.71 bits per heavy atom. The second kappa shape index (κ2) is 7.58. The monoisotopic (exact) mass is 359 g/mol. The van der Waals surface area contributed by atoms with Crippen LogP contribution in [0.5, 0.6) is 0 Å². The van der Waals surface area contributed by atoms with Crippen molar-refractivity contribution < 1.29 is 27.5 Å². The number of carboxylic acid groups (broad SMARTS) is 1. The molecule has 132 valence electrons. The van der Waals surface area contributed by atoms with Crippen LogP contribution in [-0.2, 0) is 14.8 Å². The molecule has 0 saturated carbocycles. The molecule has 1 heterocycles.